The topological polar surface area (TPSA) is 78.4 Å². The number of halogens is 1. The first-order chi connectivity index (χ1) is 10.1. The lowest BCUT2D eigenvalue weighted by Crippen LogP contribution is -2.36. The summed E-state index contributed by atoms with van der Waals surface area (Å²) in [5.41, 5.74) is -0.219. The first kappa shape index (κ1) is 16.0. The molecular weight excluding hydrogens is 315 g/mol. The highest BCUT2D eigenvalue weighted by Gasteiger charge is 2.16. The molecule has 3 N–H and O–H groups in total. The number of urea groups is 1. The molecule has 2 rings (SSSR count). The minimum atomic E-state index is -1.37. The van der Waals surface area contributed by atoms with Crippen molar-refractivity contribution in [1.29, 1.82) is 0 Å². The number of hydrogen-bond donors (Lipinski definition) is 3. The number of nitrogens with one attached hydrogen (secondary N) is 2. The zero-order valence-electron chi connectivity index (χ0n) is 11.1. The van der Waals surface area contributed by atoms with E-state index in [1.54, 1.807) is 0 Å². The molecule has 1 aromatic rings. The molecule has 114 valence electrons. The number of hydrogen-bond acceptors (Lipinski definition) is 4. The van der Waals surface area contributed by atoms with Crippen LogP contribution in [0.1, 0.15) is 10.4 Å². The number of carbonyl (C=O) groups is 2. The van der Waals surface area contributed by atoms with E-state index in [1.807, 2.05) is 23.5 Å². The number of carboxylic acids is 1. The van der Waals surface area contributed by atoms with Crippen molar-refractivity contribution in [1.82, 2.24) is 5.32 Å². The van der Waals surface area contributed by atoms with Crippen LogP contribution in [0.25, 0.3) is 0 Å². The van der Waals surface area contributed by atoms with Crippen LogP contribution in [0.15, 0.2) is 18.2 Å². The van der Waals surface area contributed by atoms with Crippen LogP contribution >= 0.6 is 23.5 Å². The molecule has 0 spiro atoms. The highest BCUT2D eigenvalue weighted by molar-refractivity contribution is 8.06. The highest BCUT2D eigenvalue weighted by Crippen LogP contribution is 2.23. The van der Waals surface area contributed by atoms with Crippen molar-refractivity contribution in [2.45, 2.75) is 5.25 Å². The highest BCUT2D eigenvalue weighted by atomic mass is 32.2. The Labute approximate surface area is 130 Å². The molecule has 0 radical (unpaired) electrons. The van der Waals surface area contributed by atoms with Crippen molar-refractivity contribution in [3.8, 4) is 0 Å². The maximum absolute atomic E-state index is 13.2. The second-order valence-corrected chi connectivity index (χ2v) is 6.96. The Hall–Kier alpha value is -1.41. The first-order valence-electron chi connectivity index (χ1n) is 6.33. The minimum absolute atomic E-state index is 0.247. The molecule has 1 fully saturated rings. The summed E-state index contributed by atoms with van der Waals surface area (Å²) in [6, 6.07) is 3.02. The zero-order chi connectivity index (χ0) is 15.2. The molecule has 2 amide bonds. The number of benzene rings is 1. The number of carboxylic acid groups (broad SMARTS) is 1. The second kappa shape index (κ2) is 7.56. The zero-order valence-corrected chi connectivity index (χ0v) is 12.7. The predicted molar refractivity (Wildman–Crippen MR) is 84.0 cm³/mol. The SMILES string of the molecule is O=C(NCC1CSCCS1)Nc1ccc(F)c(C(=O)O)c1. The number of anilines is 1. The molecule has 1 saturated heterocycles. The lowest BCUT2D eigenvalue weighted by Gasteiger charge is -2.21. The first-order valence-corrected chi connectivity index (χ1v) is 8.53. The lowest BCUT2D eigenvalue weighted by molar-refractivity contribution is 0.0692. The van der Waals surface area contributed by atoms with Crippen LogP contribution in [0.4, 0.5) is 14.9 Å². The van der Waals surface area contributed by atoms with Gasteiger partial charge in [-0.25, -0.2) is 14.0 Å². The molecule has 5 nitrogen and oxygen atoms in total. The van der Waals surface area contributed by atoms with Gasteiger partial charge in [0.05, 0.1) is 5.56 Å². The van der Waals surface area contributed by atoms with E-state index in [-0.39, 0.29) is 5.69 Å². The Bertz CT molecular complexity index is 536. The van der Waals surface area contributed by atoms with Crippen molar-refractivity contribution in [2.75, 3.05) is 29.1 Å². The van der Waals surface area contributed by atoms with Crippen molar-refractivity contribution in [2.24, 2.45) is 0 Å². The van der Waals surface area contributed by atoms with Gasteiger partial charge >= 0.3 is 12.0 Å². The number of thioether (sulfide) groups is 2. The maximum Gasteiger partial charge on any atom is 0.338 e. The molecule has 0 aliphatic carbocycles. The normalized spacial score (nSPS) is 18.0. The Morgan fingerprint density at radius 2 is 2.19 bits per heavy atom. The monoisotopic (exact) mass is 330 g/mol. The van der Waals surface area contributed by atoms with Gasteiger partial charge in [0.15, 0.2) is 0 Å². The summed E-state index contributed by atoms with van der Waals surface area (Å²) in [6.07, 6.45) is 0. The van der Waals surface area contributed by atoms with Gasteiger partial charge in [0, 0.05) is 34.7 Å². The largest absolute Gasteiger partial charge is 0.478 e. The van der Waals surface area contributed by atoms with Gasteiger partial charge in [-0.1, -0.05) is 0 Å². The molecule has 1 heterocycles. The van der Waals surface area contributed by atoms with Crippen LogP contribution in [0, 0.1) is 5.82 Å². The molecule has 1 aliphatic rings. The molecule has 0 bridgehead atoms. The standard InChI is InChI=1S/C13H15FN2O3S2/c14-11-2-1-8(5-10(11)12(17)18)16-13(19)15-6-9-7-20-3-4-21-9/h1-2,5,9H,3-4,6-7H2,(H,17,18)(H2,15,16,19). The third-order valence-corrected chi connectivity index (χ3v) is 5.67. The summed E-state index contributed by atoms with van der Waals surface area (Å²) in [5.74, 6) is 1.03. The van der Waals surface area contributed by atoms with Crippen LogP contribution in [0.2, 0.25) is 0 Å². The third kappa shape index (κ3) is 4.82. The van der Waals surface area contributed by atoms with Gasteiger partial charge in [0.1, 0.15) is 5.82 Å². The van der Waals surface area contributed by atoms with Crippen molar-refractivity contribution < 1.29 is 19.1 Å². The fraction of sp³-hybridized carbons (Fsp3) is 0.385. The maximum atomic E-state index is 13.2. The van der Waals surface area contributed by atoms with E-state index in [1.165, 1.54) is 6.07 Å². The smallest absolute Gasteiger partial charge is 0.338 e. The van der Waals surface area contributed by atoms with Gasteiger partial charge < -0.3 is 15.7 Å². The summed E-state index contributed by atoms with van der Waals surface area (Å²) in [6.45, 7) is 0.552. The second-order valence-electron chi connectivity index (χ2n) is 4.40. The Morgan fingerprint density at radius 3 is 2.86 bits per heavy atom. The molecule has 1 atom stereocenters. The van der Waals surface area contributed by atoms with Gasteiger partial charge in [-0.2, -0.15) is 23.5 Å². The van der Waals surface area contributed by atoms with Crippen LogP contribution in [-0.2, 0) is 0 Å². The van der Waals surface area contributed by atoms with Crippen molar-refractivity contribution >= 4 is 41.2 Å². The van der Waals surface area contributed by atoms with Gasteiger partial charge in [-0.05, 0) is 18.2 Å². The van der Waals surface area contributed by atoms with E-state index in [4.69, 9.17) is 5.11 Å². The summed E-state index contributed by atoms with van der Waals surface area (Å²) < 4.78 is 13.2. The van der Waals surface area contributed by atoms with Gasteiger partial charge in [-0.3, -0.25) is 0 Å². The fourth-order valence-corrected chi connectivity index (χ4v) is 4.42. The fourth-order valence-electron chi connectivity index (χ4n) is 1.80. The molecular formula is C13H15FN2O3S2. The number of carbonyl (C=O) groups excluding carboxylic acids is 1. The summed E-state index contributed by atoms with van der Waals surface area (Å²) in [7, 11) is 0. The average Bonchev–Trinajstić information content (AvgIpc) is 2.48. The number of amides is 2. The number of aromatic carboxylic acids is 1. The molecule has 21 heavy (non-hydrogen) atoms. The van der Waals surface area contributed by atoms with E-state index < -0.39 is 23.4 Å². The summed E-state index contributed by atoms with van der Waals surface area (Å²) >= 11 is 3.70. The van der Waals surface area contributed by atoms with Crippen LogP contribution < -0.4 is 10.6 Å². The van der Waals surface area contributed by atoms with Crippen molar-refractivity contribution in [3.05, 3.63) is 29.6 Å². The van der Waals surface area contributed by atoms with Crippen LogP contribution in [0.3, 0.4) is 0 Å². The predicted octanol–water partition coefficient (Wildman–Crippen LogP) is 2.49. The lowest BCUT2D eigenvalue weighted by atomic mass is 10.2. The molecule has 0 saturated carbocycles. The van der Waals surface area contributed by atoms with E-state index in [0.29, 0.717) is 11.8 Å². The molecule has 1 unspecified atom stereocenters. The van der Waals surface area contributed by atoms with Crippen molar-refractivity contribution in [3.63, 3.8) is 0 Å². The van der Waals surface area contributed by atoms with E-state index >= 15 is 0 Å². The molecule has 1 aliphatic heterocycles. The van der Waals surface area contributed by atoms with Gasteiger partial charge in [0.25, 0.3) is 0 Å². The summed E-state index contributed by atoms with van der Waals surface area (Å²) in [4.78, 5) is 22.6. The Morgan fingerprint density at radius 1 is 1.38 bits per heavy atom. The third-order valence-electron chi connectivity index (χ3n) is 2.83. The van der Waals surface area contributed by atoms with E-state index in [2.05, 4.69) is 10.6 Å². The molecule has 1 aromatic carbocycles. The molecule has 0 aromatic heterocycles. The van der Waals surface area contributed by atoms with E-state index in [0.717, 1.165) is 29.4 Å². The van der Waals surface area contributed by atoms with Crippen LogP contribution in [-0.4, -0.2) is 46.2 Å². The summed E-state index contributed by atoms with van der Waals surface area (Å²) in [5, 5.41) is 14.5. The minimum Gasteiger partial charge on any atom is -0.478 e. The average molecular weight is 330 g/mol. The van der Waals surface area contributed by atoms with E-state index in [9.17, 15) is 14.0 Å². The Kier molecular flexibility index (Phi) is 5.75. The number of rotatable bonds is 4. The van der Waals surface area contributed by atoms with Gasteiger partial charge in [-0.15, -0.1) is 0 Å². The van der Waals surface area contributed by atoms with Gasteiger partial charge in [0.2, 0.25) is 0 Å². The van der Waals surface area contributed by atoms with Crippen LogP contribution in [0.5, 0.6) is 0 Å². The quantitative estimate of drug-likeness (QED) is 0.790. The molecule has 8 heteroatoms. The Balaban J connectivity index is 1.87.